The Morgan fingerprint density at radius 1 is 1.21 bits per heavy atom. The topological polar surface area (TPSA) is 64.3 Å². The molecular weight excluding hydrogens is 300 g/mol. The Morgan fingerprint density at radius 2 is 1.96 bits per heavy atom. The van der Waals surface area contributed by atoms with E-state index in [0.29, 0.717) is 17.9 Å². The van der Waals surface area contributed by atoms with Crippen LogP contribution in [0.2, 0.25) is 0 Å². The highest BCUT2D eigenvalue weighted by Crippen LogP contribution is 2.22. The molecule has 0 aliphatic carbocycles. The van der Waals surface area contributed by atoms with Crippen LogP contribution in [0.5, 0.6) is 0 Å². The van der Waals surface area contributed by atoms with Crippen LogP contribution >= 0.6 is 0 Å². The molecule has 4 heteroatoms. The van der Waals surface area contributed by atoms with E-state index in [0.717, 1.165) is 24.9 Å². The van der Waals surface area contributed by atoms with E-state index >= 15 is 0 Å². The van der Waals surface area contributed by atoms with Crippen molar-refractivity contribution in [2.75, 3.05) is 17.7 Å². The molecule has 0 amide bonds. The maximum absolute atomic E-state index is 11.9. The van der Waals surface area contributed by atoms with Crippen molar-refractivity contribution in [3.63, 3.8) is 0 Å². The predicted molar refractivity (Wildman–Crippen MR) is 99.3 cm³/mol. The van der Waals surface area contributed by atoms with Gasteiger partial charge < -0.3 is 15.8 Å². The summed E-state index contributed by atoms with van der Waals surface area (Å²) in [5.74, 6) is -0.327. The van der Waals surface area contributed by atoms with E-state index in [2.05, 4.69) is 36.5 Å². The highest BCUT2D eigenvalue weighted by Gasteiger charge is 2.11. The van der Waals surface area contributed by atoms with Crippen LogP contribution in [0.1, 0.15) is 42.6 Å². The summed E-state index contributed by atoms with van der Waals surface area (Å²) >= 11 is 0. The minimum atomic E-state index is -0.327. The molecule has 0 bridgehead atoms. The first-order chi connectivity index (χ1) is 11.6. The number of nitrogens with one attached hydrogen (secondary N) is 1. The van der Waals surface area contributed by atoms with Crippen molar-refractivity contribution in [2.24, 2.45) is 0 Å². The van der Waals surface area contributed by atoms with Gasteiger partial charge >= 0.3 is 5.97 Å². The largest absolute Gasteiger partial charge is 0.462 e. The van der Waals surface area contributed by atoms with Gasteiger partial charge in [-0.2, -0.15) is 0 Å². The predicted octanol–water partition coefficient (Wildman–Crippen LogP) is 4.27. The first-order valence-corrected chi connectivity index (χ1v) is 8.47. The van der Waals surface area contributed by atoms with Crippen LogP contribution < -0.4 is 11.1 Å². The molecule has 2 aromatic rings. The molecule has 24 heavy (non-hydrogen) atoms. The van der Waals surface area contributed by atoms with Crippen LogP contribution in [-0.2, 0) is 11.2 Å². The fourth-order valence-electron chi connectivity index (χ4n) is 2.46. The summed E-state index contributed by atoms with van der Waals surface area (Å²) in [4.78, 5) is 11.9. The molecule has 3 N–H and O–H groups in total. The lowest BCUT2D eigenvalue weighted by Gasteiger charge is -2.17. The smallest absolute Gasteiger partial charge is 0.338 e. The summed E-state index contributed by atoms with van der Waals surface area (Å²) in [5.41, 5.74) is 9.30. The summed E-state index contributed by atoms with van der Waals surface area (Å²) < 4.78 is 5.13. The normalized spacial score (nSPS) is 11.8. The van der Waals surface area contributed by atoms with Gasteiger partial charge in [0, 0.05) is 6.04 Å². The van der Waals surface area contributed by atoms with Crippen LogP contribution in [0.4, 0.5) is 11.4 Å². The fraction of sp³-hybridized carbons (Fsp3) is 0.350. The molecule has 0 saturated carbocycles. The third kappa shape index (κ3) is 5.30. The molecule has 0 radical (unpaired) electrons. The van der Waals surface area contributed by atoms with Crippen LogP contribution in [-0.4, -0.2) is 18.6 Å². The van der Waals surface area contributed by atoms with Crippen molar-refractivity contribution in [1.29, 1.82) is 0 Å². The molecule has 0 fully saturated rings. The van der Waals surface area contributed by atoms with E-state index in [9.17, 15) is 4.79 Å². The number of hydrogen-bond donors (Lipinski definition) is 2. The van der Waals surface area contributed by atoms with E-state index < -0.39 is 0 Å². The van der Waals surface area contributed by atoms with Gasteiger partial charge in [0.25, 0.3) is 0 Å². The Hall–Kier alpha value is -2.49. The summed E-state index contributed by atoms with van der Waals surface area (Å²) in [6.07, 6.45) is 2.82. The molecule has 2 aromatic carbocycles. The Bertz CT molecular complexity index is 656. The second-order valence-corrected chi connectivity index (χ2v) is 6.01. The maximum atomic E-state index is 11.9. The van der Waals surface area contributed by atoms with E-state index in [1.807, 2.05) is 19.1 Å². The lowest BCUT2D eigenvalue weighted by molar-refractivity contribution is 0.0505. The molecule has 1 atom stereocenters. The zero-order chi connectivity index (χ0) is 17.4. The van der Waals surface area contributed by atoms with Gasteiger partial charge in [0.1, 0.15) is 0 Å². The van der Waals surface area contributed by atoms with Gasteiger partial charge in [-0.25, -0.2) is 4.79 Å². The number of benzene rings is 2. The number of anilines is 2. The third-order valence-electron chi connectivity index (χ3n) is 3.84. The molecule has 0 saturated heterocycles. The number of aryl methyl sites for hydroxylation is 1. The zero-order valence-corrected chi connectivity index (χ0v) is 14.4. The molecule has 0 aliphatic heterocycles. The SMILES string of the molecule is CCCOC(=O)c1ccc(NC(C)CCc2ccccc2)c(N)c1. The highest BCUT2D eigenvalue weighted by atomic mass is 16.5. The number of nitrogen functional groups attached to an aromatic ring is 1. The number of ether oxygens (including phenoxy) is 1. The van der Waals surface area contributed by atoms with Crippen molar-refractivity contribution < 1.29 is 9.53 Å². The summed E-state index contributed by atoms with van der Waals surface area (Å²) in [5, 5.41) is 3.41. The fourth-order valence-corrected chi connectivity index (χ4v) is 2.46. The quantitative estimate of drug-likeness (QED) is 0.562. The number of esters is 1. The third-order valence-corrected chi connectivity index (χ3v) is 3.84. The van der Waals surface area contributed by atoms with E-state index in [-0.39, 0.29) is 12.0 Å². The van der Waals surface area contributed by atoms with Crippen LogP contribution in [0.15, 0.2) is 48.5 Å². The van der Waals surface area contributed by atoms with Crippen molar-refractivity contribution in [3.05, 3.63) is 59.7 Å². The van der Waals surface area contributed by atoms with Crippen molar-refractivity contribution in [2.45, 2.75) is 39.2 Å². The zero-order valence-electron chi connectivity index (χ0n) is 14.4. The van der Waals surface area contributed by atoms with Crippen molar-refractivity contribution in [3.8, 4) is 0 Å². The van der Waals surface area contributed by atoms with E-state index in [1.54, 1.807) is 12.1 Å². The maximum Gasteiger partial charge on any atom is 0.338 e. The second kappa shape index (κ2) is 8.96. The van der Waals surface area contributed by atoms with Gasteiger partial charge in [-0.05, 0) is 49.9 Å². The molecule has 0 heterocycles. The molecule has 128 valence electrons. The summed E-state index contributed by atoms with van der Waals surface area (Å²) in [6.45, 7) is 4.52. The van der Waals surface area contributed by atoms with Crippen LogP contribution in [0, 0.1) is 0 Å². The highest BCUT2D eigenvalue weighted by molar-refractivity contribution is 5.92. The average molecular weight is 326 g/mol. The molecule has 0 aliphatic rings. The Balaban J connectivity index is 1.91. The monoisotopic (exact) mass is 326 g/mol. The molecule has 1 unspecified atom stereocenters. The number of carbonyl (C=O) groups is 1. The van der Waals surface area contributed by atoms with Crippen molar-refractivity contribution >= 4 is 17.3 Å². The Morgan fingerprint density at radius 3 is 2.62 bits per heavy atom. The minimum Gasteiger partial charge on any atom is -0.462 e. The number of hydrogen-bond acceptors (Lipinski definition) is 4. The Kier molecular flexibility index (Phi) is 6.67. The second-order valence-electron chi connectivity index (χ2n) is 6.01. The molecule has 4 nitrogen and oxygen atoms in total. The van der Waals surface area contributed by atoms with Gasteiger partial charge in [0.2, 0.25) is 0 Å². The number of nitrogens with two attached hydrogens (primary N) is 1. The van der Waals surface area contributed by atoms with Crippen LogP contribution in [0.25, 0.3) is 0 Å². The van der Waals surface area contributed by atoms with E-state index in [1.165, 1.54) is 5.56 Å². The van der Waals surface area contributed by atoms with Gasteiger partial charge in [0.05, 0.1) is 23.5 Å². The summed E-state index contributed by atoms with van der Waals surface area (Å²) in [6, 6.07) is 16.0. The molecule has 2 rings (SSSR count). The van der Waals surface area contributed by atoms with E-state index in [4.69, 9.17) is 10.5 Å². The Labute approximate surface area is 144 Å². The number of carbonyl (C=O) groups excluding carboxylic acids is 1. The lowest BCUT2D eigenvalue weighted by Crippen LogP contribution is -2.17. The first-order valence-electron chi connectivity index (χ1n) is 8.47. The van der Waals surface area contributed by atoms with Gasteiger partial charge in [-0.3, -0.25) is 0 Å². The number of rotatable bonds is 8. The van der Waals surface area contributed by atoms with Crippen molar-refractivity contribution in [1.82, 2.24) is 0 Å². The summed E-state index contributed by atoms with van der Waals surface area (Å²) in [7, 11) is 0. The average Bonchev–Trinajstić information content (AvgIpc) is 2.60. The minimum absolute atomic E-state index is 0.283. The van der Waals surface area contributed by atoms with Gasteiger partial charge in [0.15, 0.2) is 0 Å². The standard InChI is InChI=1S/C20H26N2O2/c1-3-13-24-20(23)17-11-12-19(18(21)14-17)22-15(2)9-10-16-7-5-4-6-8-16/h4-8,11-12,14-15,22H,3,9-10,13,21H2,1-2H3. The van der Waals surface area contributed by atoms with Gasteiger partial charge in [-0.1, -0.05) is 37.3 Å². The molecule has 0 aromatic heterocycles. The van der Waals surface area contributed by atoms with Gasteiger partial charge in [-0.15, -0.1) is 0 Å². The van der Waals surface area contributed by atoms with Crippen LogP contribution in [0.3, 0.4) is 0 Å². The first kappa shape index (κ1) is 17.9. The molecule has 0 spiro atoms. The molecular formula is C20H26N2O2. The lowest BCUT2D eigenvalue weighted by atomic mass is 10.1.